The van der Waals surface area contributed by atoms with Crippen LogP contribution in [0.15, 0.2) is 61.1 Å². The van der Waals surface area contributed by atoms with Crippen LogP contribution in [0, 0.1) is 13.8 Å². The van der Waals surface area contributed by atoms with Gasteiger partial charge in [0.15, 0.2) is 0 Å². The number of aryl methyl sites for hydroxylation is 2. The number of nitrogens with zero attached hydrogens (tertiary/aromatic N) is 2. The van der Waals surface area contributed by atoms with Gasteiger partial charge in [-0.3, -0.25) is 9.78 Å². The molecule has 0 radical (unpaired) electrons. The molecule has 2 heterocycles. The maximum Gasteiger partial charge on any atom is 0.256 e. The summed E-state index contributed by atoms with van der Waals surface area (Å²) in [6, 6.07) is 13.2. The molecule has 0 aliphatic heterocycles. The number of nitrogens with one attached hydrogen (secondary N) is 1. The minimum Gasteiger partial charge on any atom is -0.307 e. The zero-order chi connectivity index (χ0) is 16.2. The third-order valence-electron chi connectivity index (χ3n) is 3.60. The van der Waals surface area contributed by atoms with Crippen molar-refractivity contribution in [2.75, 3.05) is 5.32 Å². The van der Waals surface area contributed by atoms with Crippen LogP contribution in [0.25, 0.3) is 11.1 Å². The van der Waals surface area contributed by atoms with Gasteiger partial charge in [-0.25, -0.2) is 4.98 Å². The number of anilines is 1. The summed E-state index contributed by atoms with van der Waals surface area (Å²) in [5.74, 6) is 0.369. The fourth-order valence-corrected chi connectivity index (χ4v) is 2.46. The molecule has 0 saturated heterocycles. The Labute approximate surface area is 135 Å². The number of rotatable bonds is 3. The highest BCUT2D eigenvalue weighted by atomic mass is 16.1. The van der Waals surface area contributed by atoms with Gasteiger partial charge in [-0.2, -0.15) is 0 Å². The number of benzene rings is 1. The molecule has 3 rings (SSSR count). The smallest absolute Gasteiger partial charge is 0.256 e. The first kappa shape index (κ1) is 14.9. The summed E-state index contributed by atoms with van der Waals surface area (Å²) in [5, 5.41) is 2.81. The van der Waals surface area contributed by atoms with Gasteiger partial charge in [-0.15, -0.1) is 0 Å². The predicted molar refractivity (Wildman–Crippen MR) is 91.3 cm³/mol. The second kappa shape index (κ2) is 6.40. The van der Waals surface area contributed by atoms with E-state index in [9.17, 15) is 4.79 Å². The van der Waals surface area contributed by atoms with Gasteiger partial charge in [0.2, 0.25) is 0 Å². The molecule has 0 fully saturated rings. The van der Waals surface area contributed by atoms with Crippen LogP contribution in [0.4, 0.5) is 5.82 Å². The molecule has 1 aromatic carbocycles. The van der Waals surface area contributed by atoms with E-state index in [0.717, 1.165) is 22.3 Å². The average molecular weight is 303 g/mol. The van der Waals surface area contributed by atoms with Gasteiger partial charge < -0.3 is 5.32 Å². The van der Waals surface area contributed by atoms with Crippen molar-refractivity contribution >= 4 is 11.7 Å². The number of carbonyl (C=O) groups excluding carboxylic acids is 1. The summed E-state index contributed by atoms with van der Waals surface area (Å²) < 4.78 is 0. The molecule has 114 valence electrons. The highest BCUT2D eigenvalue weighted by Gasteiger charge is 2.10. The first-order valence-electron chi connectivity index (χ1n) is 7.38. The predicted octanol–water partition coefficient (Wildman–Crippen LogP) is 4.01. The summed E-state index contributed by atoms with van der Waals surface area (Å²) in [4.78, 5) is 20.8. The Morgan fingerprint density at radius 3 is 2.65 bits per heavy atom. The van der Waals surface area contributed by atoms with Crippen LogP contribution in [0.3, 0.4) is 0 Å². The van der Waals surface area contributed by atoms with E-state index >= 15 is 0 Å². The minimum atomic E-state index is -0.171. The van der Waals surface area contributed by atoms with Crippen molar-refractivity contribution < 1.29 is 4.79 Å². The quantitative estimate of drug-likeness (QED) is 0.795. The maximum absolute atomic E-state index is 12.5. The van der Waals surface area contributed by atoms with Crippen LogP contribution in [-0.4, -0.2) is 15.9 Å². The van der Waals surface area contributed by atoms with Crippen molar-refractivity contribution in [3.63, 3.8) is 0 Å². The average Bonchev–Trinajstić information content (AvgIpc) is 2.55. The van der Waals surface area contributed by atoms with Crippen LogP contribution in [0.1, 0.15) is 21.5 Å². The van der Waals surface area contributed by atoms with Gasteiger partial charge in [0.1, 0.15) is 5.82 Å². The number of aromatic nitrogens is 2. The Kier molecular flexibility index (Phi) is 4.15. The molecule has 4 nitrogen and oxygen atoms in total. The van der Waals surface area contributed by atoms with E-state index in [1.807, 2.05) is 50.4 Å². The zero-order valence-corrected chi connectivity index (χ0v) is 13.1. The highest BCUT2D eigenvalue weighted by Crippen LogP contribution is 2.25. The second-order valence-electron chi connectivity index (χ2n) is 5.45. The monoisotopic (exact) mass is 303 g/mol. The van der Waals surface area contributed by atoms with E-state index in [2.05, 4.69) is 21.4 Å². The summed E-state index contributed by atoms with van der Waals surface area (Å²) >= 11 is 0. The molecule has 0 atom stereocenters. The molecule has 1 amide bonds. The maximum atomic E-state index is 12.5. The number of hydrogen-bond donors (Lipinski definition) is 1. The molecule has 0 unspecified atom stereocenters. The van der Waals surface area contributed by atoms with Crippen LogP contribution >= 0.6 is 0 Å². The first-order chi connectivity index (χ1) is 11.1. The van der Waals surface area contributed by atoms with Crippen molar-refractivity contribution in [2.24, 2.45) is 0 Å². The Hall–Kier alpha value is -3.01. The van der Waals surface area contributed by atoms with Gasteiger partial charge >= 0.3 is 0 Å². The van der Waals surface area contributed by atoms with E-state index in [-0.39, 0.29) is 5.91 Å². The van der Waals surface area contributed by atoms with Crippen LogP contribution < -0.4 is 5.32 Å². The van der Waals surface area contributed by atoms with E-state index in [4.69, 9.17) is 0 Å². The standard InChI is InChI=1S/C19H17N3O/c1-13-9-15(17-12-20-8-6-14(17)2)11-16(10-13)19(23)22-18-5-3-4-7-21-18/h3-12H,1-2H3,(H,21,22,23). The van der Waals surface area contributed by atoms with Gasteiger partial charge in [0.25, 0.3) is 5.91 Å². The second-order valence-corrected chi connectivity index (χ2v) is 5.45. The van der Waals surface area contributed by atoms with Crippen LogP contribution in [0.2, 0.25) is 0 Å². The molecule has 2 aromatic heterocycles. The lowest BCUT2D eigenvalue weighted by Gasteiger charge is -2.10. The molecule has 3 aromatic rings. The van der Waals surface area contributed by atoms with E-state index in [0.29, 0.717) is 11.4 Å². The zero-order valence-electron chi connectivity index (χ0n) is 13.1. The summed E-state index contributed by atoms with van der Waals surface area (Å²) in [7, 11) is 0. The van der Waals surface area contributed by atoms with Crippen LogP contribution in [0.5, 0.6) is 0 Å². The number of amides is 1. The SMILES string of the molecule is Cc1cc(C(=O)Nc2ccccn2)cc(-c2cnccc2C)c1. The van der Waals surface area contributed by atoms with E-state index < -0.39 is 0 Å². The van der Waals surface area contributed by atoms with Crippen molar-refractivity contribution in [1.29, 1.82) is 0 Å². The Morgan fingerprint density at radius 2 is 1.91 bits per heavy atom. The topological polar surface area (TPSA) is 54.9 Å². The van der Waals surface area contributed by atoms with E-state index in [1.165, 1.54) is 0 Å². The largest absolute Gasteiger partial charge is 0.307 e. The fourth-order valence-electron chi connectivity index (χ4n) is 2.46. The third kappa shape index (κ3) is 3.43. The molecule has 0 spiro atoms. The normalized spacial score (nSPS) is 10.3. The van der Waals surface area contributed by atoms with Gasteiger partial charge in [-0.1, -0.05) is 12.1 Å². The number of hydrogen-bond acceptors (Lipinski definition) is 3. The molecule has 1 N–H and O–H groups in total. The summed E-state index contributed by atoms with van der Waals surface area (Å²) in [5.41, 5.74) is 4.78. The molecular formula is C19H17N3O. The van der Waals surface area contributed by atoms with Crippen LogP contribution in [-0.2, 0) is 0 Å². The van der Waals surface area contributed by atoms with Crippen molar-refractivity contribution in [3.05, 3.63) is 77.7 Å². The molecular weight excluding hydrogens is 286 g/mol. The molecule has 23 heavy (non-hydrogen) atoms. The van der Waals surface area contributed by atoms with Crippen molar-refractivity contribution in [3.8, 4) is 11.1 Å². The molecule has 4 heteroatoms. The fraction of sp³-hybridized carbons (Fsp3) is 0.105. The lowest BCUT2D eigenvalue weighted by Crippen LogP contribution is -2.13. The number of carbonyl (C=O) groups is 1. The minimum absolute atomic E-state index is 0.171. The van der Waals surface area contributed by atoms with E-state index in [1.54, 1.807) is 18.5 Å². The molecule has 0 saturated carbocycles. The summed E-state index contributed by atoms with van der Waals surface area (Å²) in [6.45, 7) is 4.01. The Bertz CT molecular complexity index is 844. The molecule has 0 aliphatic carbocycles. The molecule has 0 bridgehead atoms. The Balaban J connectivity index is 1.95. The summed E-state index contributed by atoms with van der Waals surface area (Å²) in [6.07, 6.45) is 5.24. The van der Waals surface area contributed by atoms with Crippen molar-refractivity contribution in [1.82, 2.24) is 9.97 Å². The first-order valence-corrected chi connectivity index (χ1v) is 7.38. The Morgan fingerprint density at radius 1 is 1.04 bits per heavy atom. The van der Waals surface area contributed by atoms with Gasteiger partial charge in [0, 0.05) is 29.7 Å². The molecule has 0 aliphatic rings. The number of pyridine rings is 2. The van der Waals surface area contributed by atoms with Crippen molar-refractivity contribution in [2.45, 2.75) is 13.8 Å². The lowest BCUT2D eigenvalue weighted by atomic mass is 9.98. The lowest BCUT2D eigenvalue weighted by molar-refractivity contribution is 0.102. The van der Waals surface area contributed by atoms with Gasteiger partial charge in [-0.05, 0) is 60.9 Å². The third-order valence-corrected chi connectivity index (χ3v) is 3.60. The van der Waals surface area contributed by atoms with Gasteiger partial charge in [0.05, 0.1) is 0 Å². The highest BCUT2D eigenvalue weighted by molar-refractivity contribution is 6.04.